The molecule has 0 fully saturated rings. The molecular weight excluding hydrogens is 512 g/mol. The molecule has 1 amide bonds. The molecule has 35 heavy (non-hydrogen) atoms. The van der Waals surface area contributed by atoms with Gasteiger partial charge in [0.05, 0.1) is 31.0 Å². The van der Waals surface area contributed by atoms with Crippen molar-refractivity contribution in [3.05, 3.63) is 82.4 Å². The number of fused-ring (bicyclic) bond motifs is 1. The summed E-state index contributed by atoms with van der Waals surface area (Å²) in [5, 5.41) is 0.578. The maximum absolute atomic E-state index is 13.4. The van der Waals surface area contributed by atoms with Crippen LogP contribution in [-0.4, -0.2) is 39.4 Å². The van der Waals surface area contributed by atoms with Gasteiger partial charge in [-0.1, -0.05) is 40.2 Å². The van der Waals surface area contributed by atoms with Crippen LogP contribution in [0.15, 0.2) is 59.6 Å². The molecule has 1 heterocycles. The number of methoxy groups -OCH3 is 2. The molecule has 7 nitrogen and oxygen atoms in total. The van der Waals surface area contributed by atoms with E-state index in [1.807, 2.05) is 30.3 Å². The summed E-state index contributed by atoms with van der Waals surface area (Å²) in [4.78, 5) is 31.3. The van der Waals surface area contributed by atoms with E-state index in [4.69, 9.17) is 14.2 Å². The van der Waals surface area contributed by atoms with Crippen molar-refractivity contribution in [3.8, 4) is 11.5 Å². The summed E-state index contributed by atoms with van der Waals surface area (Å²) in [5.41, 5.74) is 4.97. The molecule has 0 unspecified atom stereocenters. The van der Waals surface area contributed by atoms with Crippen LogP contribution in [0, 0.1) is 0 Å². The van der Waals surface area contributed by atoms with Gasteiger partial charge in [-0.15, -0.1) is 0 Å². The van der Waals surface area contributed by atoms with E-state index < -0.39 is 5.97 Å². The summed E-state index contributed by atoms with van der Waals surface area (Å²) in [6, 6.07) is 16.6. The van der Waals surface area contributed by atoms with Gasteiger partial charge in [0.1, 0.15) is 6.61 Å². The Balaban J connectivity index is 1.62. The number of hydrogen-bond acceptors (Lipinski definition) is 6. The van der Waals surface area contributed by atoms with E-state index in [1.165, 1.54) is 14.2 Å². The lowest BCUT2D eigenvalue weighted by Crippen LogP contribution is -2.29. The first-order valence-electron chi connectivity index (χ1n) is 11.0. The van der Waals surface area contributed by atoms with Gasteiger partial charge in [0, 0.05) is 23.6 Å². The number of alkyl halides is 1. The van der Waals surface area contributed by atoms with Crippen molar-refractivity contribution in [3.63, 3.8) is 0 Å². The lowest BCUT2D eigenvalue weighted by atomic mass is 10.1. The van der Waals surface area contributed by atoms with Crippen LogP contribution < -0.4 is 14.4 Å². The zero-order chi connectivity index (χ0) is 24.9. The van der Waals surface area contributed by atoms with Crippen LogP contribution in [-0.2, 0) is 23.1 Å². The smallest absolute Gasteiger partial charge is 0.337 e. The van der Waals surface area contributed by atoms with E-state index in [1.54, 1.807) is 29.2 Å². The minimum atomic E-state index is -0.420. The van der Waals surface area contributed by atoms with E-state index in [-0.39, 0.29) is 12.5 Å². The predicted octanol–water partition coefficient (Wildman–Crippen LogP) is 5.49. The average molecular weight is 537 g/mol. The van der Waals surface area contributed by atoms with Gasteiger partial charge in [-0.3, -0.25) is 9.79 Å². The van der Waals surface area contributed by atoms with Gasteiger partial charge in [-0.25, -0.2) is 4.79 Å². The molecular formula is C27H25BrN2O5. The Morgan fingerprint density at radius 1 is 1.06 bits per heavy atom. The van der Waals surface area contributed by atoms with Gasteiger partial charge in [-0.2, -0.15) is 0 Å². The Morgan fingerprint density at radius 3 is 2.54 bits per heavy atom. The highest BCUT2D eigenvalue weighted by Crippen LogP contribution is 2.38. The van der Waals surface area contributed by atoms with Crippen LogP contribution in [0.3, 0.4) is 0 Å². The maximum atomic E-state index is 13.4. The SMILES string of the molecule is C=Nc1cc(OCc2cc(CBr)cc(C(=O)OC)c2)c(OC)cc1C(=O)N1CCc2ccccc21. The molecule has 0 bridgehead atoms. The topological polar surface area (TPSA) is 77.4 Å². The van der Waals surface area contributed by atoms with Crippen LogP contribution in [0.1, 0.15) is 37.4 Å². The van der Waals surface area contributed by atoms with Crippen molar-refractivity contribution >= 4 is 45.9 Å². The molecule has 0 N–H and O–H groups in total. The lowest BCUT2D eigenvalue weighted by molar-refractivity contribution is 0.0600. The third-order valence-electron chi connectivity index (χ3n) is 5.84. The molecule has 4 rings (SSSR count). The first kappa shape index (κ1) is 24.5. The fourth-order valence-electron chi connectivity index (χ4n) is 4.14. The monoisotopic (exact) mass is 536 g/mol. The molecule has 1 aliphatic rings. The largest absolute Gasteiger partial charge is 0.493 e. The van der Waals surface area contributed by atoms with Crippen molar-refractivity contribution in [1.29, 1.82) is 0 Å². The highest BCUT2D eigenvalue weighted by atomic mass is 79.9. The molecule has 3 aromatic carbocycles. The number of nitrogens with zero attached hydrogens (tertiary/aromatic N) is 2. The van der Waals surface area contributed by atoms with Crippen molar-refractivity contribution in [1.82, 2.24) is 0 Å². The van der Waals surface area contributed by atoms with E-state index in [0.717, 1.165) is 28.8 Å². The average Bonchev–Trinajstić information content (AvgIpc) is 3.34. The van der Waals surface area contributed by atoms with Gasteiger partial charge < -0.3 is 19.1 Å². The van der Waals surface area contributed by atoms with Gasteiger partial charge in [0.15, 0.2) is 11.5 Å². The number of benzene rings is 3. The summed E-state index contributed by atoms with van der Waals surface area (Å²) >= 11 is 3.43. The number of carbonyl (C=O) groups excluding carboxylic acids is 2. The Hall–Kier alpha value is -3.65. The second kappa shape index (κ2) is 10.7. The molecule has 0 spiro atoms. The number of para-hydroxylation sites is 1. The number of esters is 1. The third-order valence-corrected chi connectivity index (χ3v) is 6.48. The van der Waals surface area contributed by atoms with Gasteiger partial charge in [0.2, 0.25) is 0 Å². The predicted molar refractivity (Wildman–Crippen MR) is 139 cm³/mol. The van der Waals surface area contributed by atoms with Crippen molar-refractivity contribution in [2.75, 3.05) is 25.7 Å². The number of ether oxygens (including phenoxy) is 3. The molecule has 180 valence electrons. The second-order valence-electron chi connectivity index (χ2n) is 7.97. The summed E-state index contributed by atoms with van der Waals surface area (Å²) in [6.45, 7) is 4.42. The lowest BCUT2D eigenvalue weighted by Gasteiger charge is -2.20. The zero-order valence-electron chi connectivity index (χ0n) is 19.5. The molecule has 0 aromatic heterocycles. The molecule has 0 saturated carbocycles. The Morgan fingerprint density at radius 2 is 1.83 bits per heavy atom. The van der Waals surface area contributed by atoms with Crippen LogP contribution in [0.2, 0.25) is 0 Å². The highest BCUT2D eigenvalue weighted by Gasteiger charge is 2.28. The van der Waals surface area contributed by atoms with Crippen molar-refractivity contribution < 1.29 is 23.8 Å². The minimum absolute atomic E-state index is 0.171. The highest BCUT2D eigenvalue weighted by molar-refractivity contribution is 9.08. The molecule has 0 aliphatic carbocycles. The summed E-state index contributed by atoms with van der Waals surface area (Å²) in [6.07, 6.45) is 0.804. The Labute approximate surface area is 212 Å². The van der Waals surface area contributed by atoms with Crippen molar-refractivity contribution in [2.24, 2.45) is 4.99 Å². The van der Waals surface area contributed by atoms with Gasteiger partial charge >= 0.3 is 5.97 Å². The number of halogens is 1. The molecule has 3 aromatic rings. The van der Waals surface area contributed by atoms with Gasteiger partial charge in [0.25, 0.3) is 5.91 Å². The number of carbonyl (C=O) groups is 2. The standard InChI is InChI=1S/C27H25BrN2O5/c1-29-22-14-25(35-16-18-10-17(15-28)11-20(12-18)27(32)34-3)24(33-2)13-21(22)26(31)30-9-8-19-6-4-5-7-23(19)30/h4-7,10-14H,1,8-9,15-16H2,2-3H3. The van der Waals surface area contributed by atoms with E-state index in [2.05, 4.69) is 27.6 Å². The zero-order valence-corrected chi connectivity index (χ0v) is 21.1. The molecule has 0 saturated heterocycles. The fraction of sp³-hybridized carbons (Fsp3) is 0.222. The fourth-order valence-corrected chi connectivity index (χ4v) is 4.46. The Kier molecular flexibility index (Phi) is 7.51. The summed E-state index contributed by atoms with van der Waals surface area (Å²) < 4.78 is 16.4. The number of aliphatic imine (C=N–C) groups is 1. The first-order valence-corrected chi connectivity index (χ1v) is 12.1. The number of amides is 1. The number of anilines is 1. The second-order valence-corrected chi connectivity index (χ2v) is 8.53. The maximum Gasteiger partial charge on any atom is 0.337 e. The third kappa shape index (κ3) is 5.07. The summed E-state index contributed by atoms with van der Waals surface area (Å²) in [7, 11) is 2.86. The van der Waals surface area contributed by atoms with Crippen LogP contribution in [0.4, 0.5) is 11.4 Å². The molecule has 1 aliphatic heterocycles. The van der Waals surface area contributed by atoms with Crippen LogP contribution in [0.5, 0.6) is 11.5 Å². The number of rotatable bonds is 8. The normalized spacial score (nSPS) is 12.1. The van der Waals surface area contributed by atoms with E-state index in [0.29, 0.717) is 40.2 Å². The summed E-state index contributed by atoms with van der Waals surface area (Å²) in [5.74, 6) is 0.223. The van der Waals surface area contributed by atoms with Gasteiger partial charge in [-0.05, 0) is 54.1 Å². The van der Waals surface area contributed by atoms with Crippen LogP contribution in [0.25, 0.3) is 0 Å². The minimum Gasteiger partial charge on any atom is -0.493 e. The molecule has 8 heteroatoms. The Bertz CT molecular complexity index is 1290. The van der Waals surface area contributed by atoms with Crippen LogP contribution >= 0.6 is 15.9 Å². The van der Waals surface area contributed by atoms with E-state index in [9.17, 15) is 9.59 Å². The molecule has 0 atom stereocenters. The number of hydrogen-bond donors (Lipinski definition) is 0. The van der Waals surface area contributed by atoms with E-state index >= 15 is 0 Å². The quantitative estimate of drug-likeness (QED) is 0.216. The first-order chi connectivity index (χ1) is 17.0. The van der Waals surface area contributed by atoms with Crippen molar-refractivity contribution in [2.45, 2.75) is 18.4 Å². The molecule has 0 radical (unpaired) electrons.